The minimum atomic E-state index is -4.53. The predicted molar refractivity (Wildman–Crippen MR) is 67.5 cm³/mol. The number of anilines is 2. The quantitative estimate of drug-likeness (QED) is 0.825. The molecular weight excluding hydrogens is 259 g/mol. The third-order valence-electron chi connectivity index (χ3n) is 2.62. The first kappa shape index (κ1) is 15.1. The number of hydrogen-bond acceptors (Lipinski definition) is 3. The lowest BCUT2D eigenvalue weighted by atomic mass is 10.1. The van der Waals surface area contributed by atoms with E-state index >= 15 is 0 Å². The Hall–Kier alpha value is -1.92. The minimum absolute atomic E-state index is 0.154. The van der Waals surface area contributed by atoms with Gasteiger partial charge in [-0.3, -0.25) is 4.79 Å². The number of carbonyl (C=O) groups is 1. The lowest BCUT2D eigenvalue weighted by Gasteiger charge is -2.28. The molecule has 1 aromatic carbocycles. The van der Waals surface area contributed by atoms with Gasteiger partial charge in [-0.15, -0.1) is 0 Å². The molecule has 0 unspecified atom stereocenters. The van der Waals surface area contributed by atoms with Crippen LogP contribution in [0.2, 0.25) is 0 Å². The van der Waals surface area contributed by atoms with Crippen LogP contribution in [0.1, 0.15) is 19.4 Å². The number of amides is 1. The van der Waals surface area contributed by atoms with Gasteiger partial charge in [0.15, 0.2) is 0 Å². The Morgan fingerprint density at radius 3 is 2.37 bits per heavy atom. The molecule has 0 aliphatic heterocycles. The molecule has 19 heavy (non-hydrogen) atoms. The van der Waals surface area contributed by atoms with Crippen molar-refractivity contribution in [1.82, 2.24) is 0 Å². The van der Waals surface area contributed by atoms with Crippen molar-refractivity contribution in [3.05, 3.63) is 23.8 Å². The molecule has 1 aromatic rings. The third kappa shape index (κ3) is 3.77. The molecular formula is C12H16F3N3O. The number of rotatable bonds is 4. The summed E-state index contributed by atoms with van der Waals surface area (Å²) in [6.45, 7) is 3.36. The lowest BCUT2D eigenvalue weighted by Crippen LogP contribution is -2.38. The van der Waals surface area contributed by atoms with Gasteiger partial charge in [0.05, 0.1) is 12.1 Å². The summed E-state index contributed by atoms with van der Waals surface area (Å²) in [5.41, 5.74) is 9.41. The summed E-state index contributed by atoms with van der Waals surface area (Å²) in [6.07, 6.45) is -4.53. The molecule has 0 aliphatic carbocycles. The number of halogens is 3. The van der Waals surface area contributed by atoms with Crippen LogP contribution in [0.4, 0.5) is 24.5 Å². The Bertz CT molecular complexity index is 472. The van der Waals surface area contributed by atoms with Crippen molar-refractivity contribution in [2.24, 2.45) is 5.73 Å². The van der Waals surface area contributed by atoms with Gasteiger partial charge in [0.1, 0.15) is 0 Å². The van der Waals surface area contributed by atoms with Crippen molar-refractivity contribution < 1.29 is 18.0 Å². The molecule has 0 bridgehead atoms. The first-order valence-electron chi connectivity index (χ1n) is 5.64. The second-order valence-electron chi connectivity index (χ2n) is 4.46. The Kier molecular flexibility index (Phi) is 4.28. The molecule has 106 valence electrons. The second-order valence-corrected chi connectivity index (χ2v) is 4.46. The number of nitrogens with two attached hydrogens (primary N) is 2. The summed E-state index contributed by atoms with van der Waals surface area (Å²) in [6, 6.07) is 3.37. The second kappa shape index (κ2) is 5.38. The fourth-order valence-electron chi connectivity index (χ4n) is 1.71. The zero-order valence-electron chi connectivity index (χ0n) is 10.7. The molecule has 1 rings (SSSR count). The summed E-state index contributed by atoms with van der Waals surface area (Å²) in [5.74, 6) is -0.612. The highest BCUT2D eigenvalue weighted by molar-refractivity contribution is 5.80. The number of hydrogen-bond donors (Lipinski definition) is 2. The molecule has 0 radical (unpaired) electrons. The van der Waals surface area contributed by atoms with Crippen LogP contribution in [0.5, 0.6) is 0 Å². The average Bonchev–Trinajstić information content (AvgIpc) is 2.24. The van der Waals surface area contributed by atoms with E-state index in [0.29, 0.717) is 0 Å². The van der Waals surface area contributed by atoms with Gasteiger partial charge in [-0.1, -0.05) is 0 Å². The van der Waals surface area contributed by atoms with Crippen molar-refractivity contribution in [3.63, 3.8) is 0 Å². The van der Waals surface area contributed by atoms with Crippen LogP contribution in [0.15, 0.2) is 18.2 Å². The largest absolute Gasteiger partial charge is 0.418 e. The fourth-order valence-corrected chi connectivity index (χ4v) is 1.71. The van der Waals surface area contributed by atoms with E-state index < -0.39 is 17.6 Å². The predicted octanol–water partition coefficient (Wildman–Crippen LogP) is 1.99. The van der Waals surface area contributed by atoms with Crippen molar-refractivity contribution >= 4 is 17.3 Å². The van der Waals surface area contributed by atoms with E-state index in [1.165, 1.54) is 17.0 Å². The van der Waals surface area contributed by atoms with E-state index in [4.69, 9.17) is 11.5 Å². The number of benzene rings is 1. The topological polar surface area (TPSA) is 72.3 Å². The van der Waals surface area contributed by atoms with Crippen molar-refractivity contribution in [2.75, 3.05) is 17.2 Å². The number of alkyl halides is 3. The maximum absolute atomic E-state index is 12.8. The smallest absolute Gasteiger partial charge is 0.398 e. The van der Waals surface area contributed by atoms with E-state index in [1.54, 1.807) is 13.8 Å². The summed E-state index contributed by atoms with van der Waals surface area (Å²) < 4.78 is 38.3. The average molecular weight is 275 g/mol. The monoisotopic (exact) mass is 275 g/mol. The van der Waals surface area contributed by atoms with Crippen LogP contribution in [0.3, 0.4) is 0 Å². The maximum Gasteiger partial charge on any atom is 0.418 e. The molecule has 0 heterocycles. The number of primary amides is 1. The summed E-state index contributed by atoms with van der Waals surface area (Å²) in [4.78, 5) is 12.5. The minimum Gasteiger partial charge on any atom is -0.398 e. The first-order valence-corrected chi connectivity index (χ1v) is 5.64. The van der Waals surface area contributed by atoms with Gasteiger partial charge >= 0.3 is 6.18 Å². The Balaban J connectivity index is 3.22. The van der Waals surface area contributed by atoms with Gasteiger partial charge in [-0.2, -0.15) is 13.2 Å². The SMILES string of the molecule is CC(C)N(CC(N)=O)c1ccc(N)c(C(F)(F)F)c1. The maximum atomic E-state index is 12.8. The Morgan fingerprint density at radius 1 is 1.37 bits per heavy atom. The summed E-state index contributed by atoms with van der Waals surface area (Å²) in [5, 5.41) is 0. The van der Waals surface area contributed by atoms with Crippen LogP contribution in [-0.4, -0.2) is 18.5 Å². The van der Waals surface area contributed by atoms with Gasteiger partial charge in [-0.05, 0) is 32.0 Å². The zero-order valence-corrected chi connectivity index (χ0v) is 10.7. The molecule has 7 heteroatoms. The first-order chi connectivity index (χ1) is 8.62. The van der Waals surface area contributed by atoms with Crippen LogP contribution >= 0.6 is 0 Å². The van der Waals surface area contributed by atoms with Crippen molar-refractivity contribution in [1.29, 1.82) is 0 Å². The molecule has 0 saturated heterocycles. The highest BCUT2D eigenvalue weighted by Crippen LogP contribution is 2.36. The van der Waals surface area contributed by atoms with Gasteiger partial charge < -0.3 is 16.4 Å². The molecule has 0 fully saturated rings. The molecule has 0 aromatic heterocycles. The number of nitrogen functional groups attached to an aromatic ring is 1. The fraction of sp³-hybridized carbons (Fsp3) is 0.417. The molecule has 4 N–H and O–H groups in total. The van der Waals surface area contributed by atoms with E-state index in [2.05, 4.69) is 0 Å². The lowest BCUT2D eigenvalue weighted by molar-refractivity contribution is -0.136. The molecule has 0 saturated carbocycles. The van der Waals surface area contributed by atoms with E-state index in [9.17, 15) is 18.0 Å². The normalized spacial score (nSPS) is 11.7. The molecule has 0 aliphatic rings. The van der Waals surface area contributed by atoms with Crippen molar-refractivity contribution in [3.8, 4) is 0 Å². The standard InChI is InChI=1S/C12H16F3N3O/c1-7(2)18(6-11(17)19)8-3-4-10(16)9(5-8)12(13,14)15/h3-5,7H,6,16H2,1-2H3,(H2,17,19). The zero-order chi connectivity index (χ0) is 14.8. The molecule has 1 amide bonds. The van der Waals surface area contributed by atoms with E-state index in [-0.39, 0.29) is 24.0 Å². The van der Waals surface area contributed by atoms with Gasteiger partial charge in [0.25, 0.3) is 0 Å². The van der Waals surface area contributed by atoms with Crippen LogP contribution < -0.4 is 16.4 Å². The molecule has 0 spiro atoms. The number of carbonyl (C=O) groups excluding carboxylic acids is 1. The molecule has 4 nitrogen and oxygen atoms in total. The summed E-state index contributed by atoms with van der Waals surface area (Å²) >= 11 is 0. The Labute approximate surface area is 109 Å². The van der Waals surface area contributed by atoms with Crippen LogP contribution in [0.25, 0.3) is 0 Å². The van der Waals surface area contributed by atoms with Gasteiger partial charge in [0, 0.05) is 17.4 Å². The highest BCUT2D eigenvalue weighted by atomic mass is 19.4. The number of nitrogens with zero attached hydrogens (tertiary/aromatic N) is 1. The van der Waals surface area contributed by atoms with E-state index in [0.717, 1.165) is 6.07 Å². The Morgan fingerprint density at radius 2 is 1.95 bits per heavy atom. The van der Waals surface area contributed by atoms with Crippen LogP contribution in [0, 0.1) is 0 Å². The van der Waals surface area contributed by atoms with E-state index in [1.807, 2.05) is 0 Å². The summed E-state index contributed by atoms with van der Waals surface area (Å²) in [7, 11) is 0. The van der Waals surface area contributed by atoms with Gasteiger partial charge in [-0.25, -0.2) is 0 Å². The van der Waals surface area contributed by atoms with Crippen molar-refractivity contribution in [2.45, 2.75) is 26.1 Å². The third-order valence-corrected chi connectivity index (χ3v) is 2.62. The molecule has 0 atom stereocenters. The highest BCUT2D eigenvalue weighted by Gasteiger charge is 2.33. The van der Waals surface area contributed by atoms with Crippen LogP contribution in [-0.2, 0) is 11.0 Å². The van der Waals surface area contributed by atoms with Gasteiger partial charge in [0.2, 0.25) is 5.91 Å².